The van der Waals surface area contributed by atoms with Gasteiger partial charge in [-0.3, -0.25) is 0 Å². The summed E-state index contributed by atoms with van der Waals surface area (Å²) in [6.07, 6.45) is 6.08. The molecule has 35 heavy (non-hydrogen) atoms. The maximum atomic E-state index is 15.7. The zero-order chi connectivity index (χ0) is 25.0. The Morgan fingerprint density at radius 3 is 2.46 bits per heavy atom. The third-order valence-corrected chi connectivity index (χ3v) is 8.70. The average Bonchev–Trinajstić information content (AvgIpc) is 3.42. The van der Waals surface area contributed by atoms with E-state index in [-0.39, 0.29) is 41.1 Å². The quantitative estimate of drug-likeness (QED) is 0.580. The minimum absolute atomic E-state index is 0.0601. The summed E-state index contributed by atoms with van der Waals surface area (Å²) in [6.45, 7) is 2.16. The van der Waals surface area contributed by atoms with Gasteiger partial charge in [0.15, 0.2) is 11.6 Å². The van der Waals surface area contributed by atoms with E-state index in [0.29, 0.717) is 19.6 Å². The van der Waals surface area contributed by atoms with Gasteiger partial charge in [-0.15, -0.1) is 0 Å². The van der Waals surface area contributed by atoms with Crippen molar-refractivity contribution in [3.8, 4) is 0 Å². The third-order valence-electron chi connectivity index (χ3n) is 7.46. The number of sulfonamides is 1. The van der Waals surface area contributed by atoms with E-state index in [9.17, 15) is 17.2 Å². The molecule has 7 nitrogen and oxygen atoms in total. The lowest BCUT2D eigenvalue weighted by atomic mass is 9.98. The van der Waals surface area contributed by atoms with Gasteiger partial charge in [0.2, 0.25) is 15.8 Å². The standard InChI is InChI=1S/C24H30F3N5O2S/c1-24(26,27)17-6-3-15(4-7-17)11-32(18-8-9-18)23-21(25)22(28-14-29-23)30-20-10-5-16-12-31(13-19(16)20)35(2,33)34/h3-4,6-7,14,16,18-20H,5,8-13H2,1-2H3,(H,28,29,30). The predicted octanol–water partition coefficient (Wildman–Crippen LogP) is 3.98. The van der Waals surface area contributed by atoms with Crippen molar-refractivity contribution in [2.24, 2.45) is 11.8 Å². The average molecular weight is 510 g/mol. The van der Waals surface area contributed by atoms with Crippen LogP contribution in [0.15, 0.2) is 30.6 Å². The highest BCUT2D eigenvalue weighted by Crippen LogP contribution is 2.41. The number of alkyl halides is 2. The Morgan fingerprint density at radius 1 is 1.11 bits per heavy atom. The Labute approximate surface area is 203 Å². The van der Waals surface area contributed by atoms with Gasteiger partial charge >= 0.3 is 0 Å². The Morgan fingerprint density at radius 2 is 1.83 bits per heavy atom. The number of anilines is 2. The number of hydrogen-bond donors (Lipinski definition) is 1. The molecule has 0 amide bonds. The fraction of sp³-hybridized carbons (Fsp3) is 0.583. The molecular formula is C24H30F3N5O2S. The molecule has 2 heterocycles. The summed E-state index contributed by atoms with van der Waals surface area (Å²) in [5.74, 6) is -2.79. The summed E-state index contributed by atoms with van der Waals surface area (Å²) >= 11 is 0. The van der Waals surface area contributed by atoms with Crippen LogP contribution in [0.2, 0.25) is 0 Å². The van der Waals surface area contributed by atoms with E-state index < -0.39 is 21.8 Å². The van der Waals surface area contributed by atoms with Crippen LogP contribution >= 0.6 is 0 Å². The molecule has 1 saturated heterocycles. The molecule has 1 N–H and O–H groups in total. The molecule has 190 valence electrons. The molecule has 1 aromatic heterocycles. The van der Waals surface area contributed by atoms with Crippen LogP contribution in [-0.4, -0.2) is 54.1 Å². The third kappa shape index (κ3) is 5.11. The van der Waals surface area contributed by atoms with Gasteiger partial charge in [-0.2, -0.15) is 4.39 Å². The minimum Gasteiger partial charge on any atom is -0.364 e. The fourth-order valence-electron chi connectivity index (χ4n) is 5.37. The molecule has 3 atom stereocenters. The van der Waals surface area contributed by atoms with Crippen molar-refractivity contribution in [3.63, 3.8) is 0 Å². The normalized spacial score (nSPS) is 25.0. The van der Waals surface area contributed by atoms with Gasteiger partial charge in [0, 0.05) is 44.2 Å². The molecule has 0 bridgehead atoms. The van der Waals surface area contributed by atoms with Gasteiger partial charge < -0.3 is 10.2 Å². The van der Waals surface area contributed by atoms with Crippen molar-refractivity contribution in [2.45, 2.75) is 57.2 Å². The Hall–Kier alpha value is -2.40. The van der Waals surface area contributed by atoms with Gasteiger partial charge in [-0.25, -0.2) is 31.5 Å². The Bertz CT molecular complexity index is 1180. The van der Waals surface area contributed by atoms with Crippen LogP contribution in [0.5, 0.6) is 0 Å². The first-order valence-corrected chi connectivity index (χ1v) is 13.8. The van der Waals surface area contributed by atoms with Crippen molar-refractivity contribution in [1.82, 2.24) is 14.3 Å². The van der Waals surface area contributed by atoms with E-state index in [1.54, 1.807) is 12.1 Å². The Kier molecular flexibility index (Phi) is 6.19. The van der Waals surface area contributed by atoms with Gasteiger partial charge in [0.1, 0.15) is 6.33 Å². The number of nitrogens with one attached hydrogen (secondary N) is 1. The SMILES string of the molecule is CC(F)(F)c1ccc(CN(c2ncnc(NC3CCC4CN(S(C)(=O)=O)CC43)c2F)C2CC2)cc1. The van der Waals surface area contributed by atoms with Crippen LogP contribution in [-0.2, 0) is 22.5 Å². The highest BCUT2D eigenvalue weighted by atomic mass is 32.2. The van der Waals surface area contributed by atoms with Gasteiger partial charge in [0.25, 0.3) is 5.92 Å². The number of benzene rings is 1. The molecule has 2 aliphatic carbocycles. The van der Waals surface area contributed by atoms with Crippen LogP contribution in [0, 0.1) is 17.7 Å². The summed E-state index contributed by atoms with van der Waals surface area (Å²) < 4.78 is 68.2. The van der Waals surface area contributed by atoms with Crippen molar-refractivity contribution < 1.29 is 21.6 Å². The second-order valence-electron chi connectivity index (χ2n) is 10.1. The van der Waals surface area contributed by atoms with Crippen molar-refractivity contribution >= 4 is 21.7 Å². The highest BCUT2D eigenvalue weighted by Gasteiger charge is 2.45. The number of nitrogens with zero attached hydrogens (tertiary/aromatic N) is 4. The van der Waals surface area contributed by atoms with E-state index in [1.807, 2.05) is 4.90 Å². The molecule has 5 rings (SSSR count). The highest BCUT2D eigenvalue weighted by molar-refractivity contribution is 7.88. The smallest absolute Gasteiger partial charge is 0.270 e. The maximum absolute atomic E-state index is 15.7. The van der Waals surface area contributed by atoms with Gasteiger partial charge in [0.05, 0.1) is 6.26 Å². The molecule has 0 radical (unpaired) electrons. The van der Waals surface area contributed by atoms with E-state index in [4.69, 9.17) is 0 Å². The number of halogens is 3. The zero-order valence-corrected chi connectivity index (χ0v) is 20.6. The largest absolute Gasteiger partial charge is 0.364 e. The number of hydrogen-bond acceptors (Lipinski definition) is 6. The second-order valence-corrected chi connectivity index (χ2v) is 12.1. The molecule has 3 unspecified atom stereocenters. The number of rotatable bonds is 8. The minimum atomic E-state index is -3.25. The number of fused-ring (bicyclic) bond motifs is 1. The predicted molar refractivity (Wildman–Crippen MR) is 127 cm³/mol. The summed E-state index contributed by atoms with van der Waals surface area (Å²) in [7, 11) is -3.25. The van der Waals surface area contributed by atoms with Crippen molar-refractivity contribution in [1.29, 1.82) is 0 Å². The molecule has 1 aromatic carbocycles. The topological polar surface area (TPSA) is 78.4 Å². The molecule has 3 fully saturated rings. The van der Waals surface area contributed by atoms with Crippen LogP contribution in [0.4, 0.5) is 24.8 Å². The molecular weight excluding hydrogens is 479 g/mol. The number of aromatic nitrogens is 2. The summed E-state index contributed by atoms with van der Waals surface area (Å²) in [4.78, 5) is 10.3. The van der Waals surface area contributed by atoms with Crippen LogP contribution in [0.3, 0.4) is 0 Å². The molecule has 1 aliphatic heterocycles. The first-order valence-electron chi connectivity index (χ1n) is 12.0. The van der Waals surface area contributed by atoms with Crippen LogP contribution < -0.4 is 10.2 Å². The zero-order valence-electron chi connectivity index (χ0n) is 19.8. The van der Waals surface area contributed by atoms with Gasteiger partial charge in [-0.1, -0.05) is 24.3 Å². The summed E-state index contributed by atoms with van der Waals surface area (Å²) in [6, 6.07) is 6.16. The van der Waals surface area contributed by atoms with Crippen LogP contribution in [0.25, 0.3) is 0 Å². The lowest BCUT2D eigenvalue weighted by Crippen LogP contribution is -2.33. The van der Waals surface area contributed by atoms with Crippen molar-refractivity contribution in [3.05, 3.63) is 47.5 Å². The first kappa shape index (κ1) is 24.3. The van der Waals surface area contributed by atoms with E-state index in [0.717, 1.165) is 38.2 Å². The molecule has 3 aliphatic rings. The maximum Gasteiger partial charge on any atom is 0.270 e. The lowest BCUT2D eigenvalue weighted by molar-refractivity contribution is 0.0174. The second kappa shape index (κ2) is 8.92. The van der Waals surface area contributed by atoms with Gasteiger partial charge in [-0.05, 0) is 43.1 Å². The van der Waals surface area contributed by atoms with Crippen molar-refractivity contribution in [2.75, 3.05) is 29.6 Å². The van der Waals surface area contributed by atoms with Crippen LogP contribution in [0.1, 0.15) is 43.7 Å². The summed E-state index contributed by atoms with van der Waals surface area (Å²) in [5, 5.41) is 3.24. The molecule has 2 saturated carbocycles. The van der Waals surface area contributed by atoms with E-state index >= 15 is 4.39 Å². The molecule has 0 spiro atoms. The molecule has 2 aromatic rings. The molecule has 11 heteroatoms. The fourth-order valence-corrected chi connectivity index (χ4v) is 6.28. The first-order chi connectivity index (χ1) is 16.5. The lowest BCUT2D eigenvalue weighted by Gasteiger charge is -2.26. The summed E-state index contributed by atoms with van der Waals surface area (Å²) in [5.41, 5.74) is 0.734. The Balaban J connectivity index is 1.33. The van der Waals surface area contributed by atoms with E-state index in [1.165, 1.54) is 29.0 Å². The monoisotopic (exact) mass is 509 g/mol. The van der Waals surface area contributed by atoms with E-state index in [2.05, 4.69) is 15.3 Å².